The van der Waals surface area contributed by atoms with E-state index >= 15 is 0 Å². The lowest BCUT2D eigenvalue weighted by atomic mass is 10.1. The minimum absolute atomic E-state index is 0.214. The smallest absolute Gasteiger partial charge is 0.0552 e. The second-order valence-electron chi connectivity index (χ2n) is 3.19. The Labute approximate surface area is 102 Å². The van der Waals surface area contributed by atoms with Crippen LogP contribution in [0.1, 0.15) is 27.2 Å². The molecule has 2 atom stereocenters. The van der Waals surface area contributed by atoms with Crippen LogP contribution in [0.25, 0.3) is 0 Å². The fourth-order valence-electron chi connectivity index (χ4n) is 1.53. The third-order valence-corrected chi connectivity index (χ3v) is 3.82. The summed E-state index contributed by atoms with van der Waals surface area (Å²) in [6, 6.07) is 0.214. The summed E-state index contributed by atoms with van der Waals surface area (Å²) >= 11 is 0. The van der Waals surface area contributed by atoms with Gasteiger partial charge in [0.25, 0.3) is 0 Å². The summed E-state index contributed by atoms with van der Waals surface area (Å²) in [4.78, 5) is 0.883. The first-order valence-electron chi connectivity index (χ1n) is 5.83. The highest BCUT2D eigenvalue weighted by molar-refractivity contribution is 7.89. The number of hydrogen-bond donors (Lipinski definition) is 1. The lowest BCUT2D eigenvalue weighted by Gasteiger charge is -2.08. The van der Waals surface area contributed by atoms with Crippen LogP contribution in [0, 0.1) is 0 Å². The van der Waals surface area contributed by atoms with Gasteiger partial charge in [0, 0.05) is 16.7 Å². The van der Waals surface area contributed by atoms with Crippen LogP contribution in [0.4, 0.5) is 0 Å². The fourth-order valence-corrected chi connectivity index (χ4v) is 3.01. The molecule has 0 radical (unpaired) electrons. The van der Waals surface area contributed by atoms with E-state index in [0.717, 1.165) is 16.9 Å². The van der Waals surface area contributed by atoms with E-state index in [1.54, 1.807) is 6.08 Å². The molecule has 0 saturated carbocycles. The van der Waals surface area contributed by atoms with Crippen molar-refractivity contribution < 1.29 is 4.21 Å². The minimum Gasteiger partial charge on any atom is -0.312 e. The van der Waals surface area contributed by atoms with Gasteiger partial charge in [-0.3, -0.25) is 4.21 Å². The molecule has 0 spiro atoms. The Bertz CT molecular complexity index is 305. The molecular weight excluding hydrogens is 218 g/mol. The van der Waals surface area contributed by atoms with Crippen LogP contribution in [0.15, 0.2) is 35.3 Å². The van der Waals surface area contributed by atoms with Gasteiger partial charge < -0.3 is 5.32 Å². The van der Waals surface area contributed by atoms with Crippen LogP contribution < -0.4 is 5.32 Å². The second-order valence-corrected chi connectivity index (χ2v) is 4.65. The first kappa shape index (κ1) is 15.3. The van der Waals surface area contributed by atoms with Gasteiger partial charge in [-0.15, -0.1) is 0 Å². The van der Waals surface area contributed by atoms with Gasteiger partial charge in [0.1, 0.15) is 0 Å². The maximum Gasteiger partial charge on any atom is 0.0552 e. The van der Waals surface area contributed by atoms with Crippen molar-refractivity contribution in [1.29, 1.82) is 0 Å². The normalized spacial score (nSPS) is 24.5. The molecule has 1 N–H and O–H groups in total. The quantitative estimate of drug-likeness (QED) is 0.820. The lowest BCUT2D eigenvalue weighted by molar-refractivity contribution is 0.676. The van der Waals surface area contributed by atoms with E-state index in [0.29, 0.717) is 5.75 Å². The Balaban J connectivity index is 0.00000106. The van der Waals surface area contributed by atoms with Gasteiger partial charge >= 0.3 is 0 Å². The molecule has 0 amide bonds. The fraction of sp³-hybridized carbons (Fsp3) is 0.538. The third-order valence-electron chi connectivity index (χ3n) is 2.29. The molecule has 1 rings (SSSR count). The van der Waals surface area contributed by atoms with E-state index in [-0.39, 0.29) is 6.04 Å². The van der Waals surface area contributed by atoms with Gasteiger partial charge in [0.15, 0.2) is 0 Å². The summed E-state index contributed by atoms with van der Waals surface area (Å²) in [5, 5.41) is 3.17. The molecule has 1 heterocycles. The molecule has 0 fully saturated rings. The van der Waals surface area contributed by atoms with Crippen LogP contribution in [0.3, 0.4) is 0 Å². The third kappa shape index (κ3) is 3.72. The highest BCUT2D eigenvalue weighted by atomic mass is 32.2. The van der Waals surface area contributed by atoms with Crippen LogP contribution in [-0.4, -0.2) is 23.1 Å². The van der Waals surface area contributed by atoms with Crippen molar-refractivity contribution in [1.82, 2.24) is 5.32 Å². The number of nitrogens with one attached hydrogen (secondary N) is 1. The van der Waals surface area contributed by atoms with E-state index in [4.69, 9.17) is 0 Å². The first-order valence-corrected chi connectivity index (χ1v) is 7.15. The Kier molecular flexibility index (Phi) is 8.12. The number of allylic oxidation sites excluding steroid dienone is 2. The van der Waals surface area contributed by atoms with Gasteiger partial charge in [-0.2, -0.15) is 0 Å². The van der Waals surface area contributed by atoms with E-state index in [1.807, 2.05) is 20.9 Å². The molecule has 0 aromatic heterocycles. The van der Waals surface area contributed by atoms with Crippen molar-refractivity contribution in [3.05, 3.63) is 35.3 Å². The van der Waals surface area contributed by atoms with Crippen molar-refractivity contribution in [2.24, 2.45) is 0 Å². The zero-order chi connectivity index (χ0) is 12.6. The summed E-state index contributed by atoms with van der Waals surface area (Å²) in [5.74, 6) is 0.668. The second kappa shape index (κ2) is 8.48. The standard InChI is InChI=1S/C11H17NOS.C2H6/c1-4-6-7-9-10(12-3)8-14(13)11(9)5-2;1-2/h5-7,10,12H,2,4,8H2,1,3H3;1-2H3/b7-6-;. The Morgan fingerprint density at radius 2 is 2.19 bits per heavy atom. The van der Waals surface area contributed by atoms with E-state index in [9.17, 15) is 4.21 Å². The highest BCUT2D eigenvalue weighted by Gasteiger charge is 2.26. The molecule has 0 aromatic carbocycles. The van der Waals surface area contributed by atoms with Gasteiger partial charge in [0.05, 0.1) is 10.8 Å². The van der Waals surface area contributed by atoms with Crippen LogP contribution in [0.2, 0.25) is 0 Å². The monoisotopic (exact) mass is 241 g/mol. The molecule has 16 heavy (non-hydrogen) atoms. The summed E-state index contributed by atoms with van der Waals surface area (Å²) in [6.45, 7) is 9.80. The number of likely N-dealkylation sites (N-methyl/N-ethyl adjacent to an activating group) is 1. The summed E-state index contributed by atoms with van der Waals surface area (Å²) in [5.41, 5.74) is 1.13. The zero-order valence-electron chi connectivity index (χ0n) is 10.7. The molecule has 1 aliphatic heterocycles. The molecule has 1 aliphatic rings. The predicted molar refractivity (Wildman–Crippen MR) is 73.9 cm³/mol. The number of rotatable bonds is 4. The molecule has 2 unspecified atom stereocenters. The van der Waals surface area contributed by atoms with Crippen LogP contribution >= 0.6 is 0 Å². The van der Waals surface area contributed by atoms with E-state index in [2.05, 4.69) is 31.0 Å². The maximum atomic E-state index is 11.7. The zero-order valence-corrected chi connectivity index (χ0v) is 11.6. The summed E-state index contributed by atoms with van der Waals surface area (Å²) in [6.07, 6.45) is 6.86. The molecule has 0 bridgehead atoms. The maximum absolute atomic E-state index is 11.7. The summed E-state index contributed by atoms with van der Waals surface area (Å²) < 4.78 is 11.7. The van der Waals surface area contributed by atoms with Crippen LogP contribution in [0.5, 0.6) is 0 Å². The molecular formula is C13H23NOS. The minimum atomic E-state index is -0.876. The van der Waals surface area contributed by atoms with Crippen molar-refractivity contribution in [2.75, 3.05) is 12.8 Å². The lowest BCUT2D eigenvalue weighted by Crippen LogP contribution is -2.27. The molecule has 0 saturated heterocycles. The molecule has 2 nitrogen and oxygen atoms in total. The van der Waals surface area contributed by atoms with Crippen molar-refractivity contribution >= 4 is 10.8 Å². The average molecular weight is 241 g/mol. The van der Waals surface area contributed by atoms with Crippen molar-refractivity contribution in [3.63, 3.8) is 0 Å². The topological polar surface area (TPSA) is 29.1 Å². The number of hydrogen-bond acceptors (Lipinski definition) is 2. The molecule has 0 aliphatic carbocycles. The van der Waals surface area contributed by atoms with Gasteiger partial charge in [0.2, 0.25) is 0 Å². The largest absolute Gasteiger partial charge is 0.312 e. The molecule has 3 heteroatoms. The summed E-state index contributed by atoms with van der Waals surface area (Å²) in [7, 11) is 1.02. The van der Waals surface area contributed by atoms with E-state index < -0.39 is 10.8 Å². The van der Waals surface area contributed by atoms with Crippen molar-refractivity contribution in [3.8, 4) is 0 Å². The predicted octanol–water partition coefficient (Wildman–Crippen LogP) is 2.77. The van der Waals surface area contributed by atoms with Gasteiger partial charge in [-0.1, -0.05) is 45.6 Å². The van der Waals surface area contributed by atoms with Crippen LogP contribution in [-0.2, 0) is 10.8 Å². The van der Waals surface area contributed by atoms with Crippen molar-refractivity contribution in [2.45, 2.75) is 33.2 Å². The molecule has 92 valence electrons. The molecule has 0 aromatic rings. The SMILES string of the molecule is C=CC1=C(/C=C\CC)C(NC)CS1=O.CC. The highest BCUT2D eigenvalue weighted by Crippen LogP contribution is 2.24. The van der Waals surface area contributed by atoms with E-state index in [1.165, 1.54) is 0 Å². The Hall–Kier alpha value is -0.670. The van der Waals surface area contributed by atoms with Gasteiger partial charge in [-0.05, 0) is 19.0 Å². The Morgan fingerprint density at radius 3 is 2.62 bits per heavy atom. The average Bonchev–Trinajstić information content (AvgIpc) is 2.64. The Morgan fingerprint density at radius 1 is 1.56 bits per heavy atom. The van der Waals surface area contributed by atoms with Gasteiger partial charge in [-0.25, -0.2) is 0 Å². The first-order chi connectivity index (χ1) is 7.74.